The smallest absolute Gasteiger partial charge is 0.158 e. The molecule has 3 rings (SSSR count). The molecule has 1 atom stereocenters. The van der Waals surface area contributed by atoms with Crippen molar-refractivity contribution in [3.05, 3.63) is 35.6 Å². The molecule has 2 aliphatic rings. The van der Waals surface area contributed by atoms with Crippen molar-refractivity contribution in [2.75, 3.05) is 32.1 Å². The second-order valence-electron chi connectivity index (χ2n) is 6.30. The van der Waals surface area contributed by atoms with E-state index in [-0.39, 0.29) is 17.5 Å². The third kappa shape index (κ3) is 2.68. The SMILES string of the molecule is CCOC[C@H]1CCS(=O)(=O)C12CN(Cc1ccc(F)cc1)C2. The van der Waals surface area contributed by atoms with Crippen LogP contribution in [0.1, 0.15) is 18.9 Å². The Kier molecular flexibility index (Phi) is 4.27. The molecule has 1 spiro atoms. The number of rotatable bonds is 5. The van der Waals surface area contributed by atoms with Crippen molar-refractivity contribution in [1.82, 2.24) is 4.90 Å². The number of halogens is 1. The summed E-state index contributed by atoms with van der Waals surface area (Å²) in [5.74, 6) is 0.121. The molecule has 2 aliphatic heterocycles. The summed E-state index contributed by atoms with van der Waals surface area (Å²) in [5, 5.41) is 0. The van der Waals surface area contributed by atoms with Gasteiger partial charge in [0.1, 0.15) is 10.6 Å². The highest BCUT2D eigenvalue weighted by Gasteiger charge is 2.61. The number of hydrogen-bond acceptors (Lipinski definition) is 4. The lowest BCUT2D eigenvalue weighted by molar-refractivity contribution is 0.0292. The Hall–Kier alpha value is -0.980. The molecule has 0 N–H and O–H groups in total. The molecule has 22 heavy (non-hydrogen) atoms. The zero-order chi connectivity index (χ0) is 15.8. The van der Waals surface area contributed by atoms with E-state index < -0.39 is 14.6 Å². The molecule has 0 unspecified atom stereocenters. The molecule has 0 radical (unpaired) electrons. The number of hydrogen-bond donors (Lipinski definition) is 0. The first kappa shape index (κ1) is 15.9. The van der Waals surface area contributed by atoms with E-state index in [0.29, 0.717) is 39.3 Å². The Balaban J connectivity index is 1.66. The van der Waals surface area contributed by atoms with Crippen LogP contribution in [-0.4, -0.2) is 50.1 Å². The molecule has 4 nitrogen and oxygen atoms in total. The average molecular weight is 327 g/mol. The predicted octanol–water partition coefficient (Wildman–Crippen LogP) is 1.85. The van der Waals surface area contributed by atoms with Gasteiger partial charge in [-0.2, -0.15) is 0 Å². The largest absolute Gasteiger partial charge is 0.381 e. The molecular formula is C16H22FNO3S. The van der Waals surface area contributed by atoms with E-state index in [1.807, 2.05) is 6.92 Å². The van der Waals surface area contributed by atoms with E-state index in [4.69, 9.17) is 4.74 Å². The second-order valence-corrected chi connectivity index (χ2v) is 8.75. The van der Waals surface area contributed by atoms with Crippen LogP contribution in [0, 0.1) is 11.7 Å². The van der Waals surface area contributed by atoms with E-state index >= 15 is 0 Å². The van der Waals surface area contributed by atoms with Gasteiger partial charge in [0.05, 0.1) is 12.4 Å². The number of sulfone groups is 1. The minimum absolute atomic E-state index is 0.0990. The van der Waals surface area contributed by atoms with Gasteiger partial charge in [0.25, 0.3) is 0 Å². The number of ether oxygens (including phenoxy) is 1. The number of benzene rings is 1. The third-order valence-corrected chi connectivity index (χ3v) is 7.53. The van der Waals surface area contributed by atoms with Crippen LogP contribution in [0.3, 0.4) is 0 Å². The first-order valence-electron chi connectivity index (χ1n) is 7.74. The summed E-state index contributed by atoms with van der Waals surface area (Å²) in [7, 11) is -3.04. The Labute approximate surface area is 131 Å². The topological polar surface area (TPSA) is 46.6 Å². The van der Waals surface area contributed by atoms with Crippen molar-refractivity contribution in [2.45, 2.75) is 24.6 Å². The van der Waals surface area contributed by atoms with Crippen molar-refractivity contribution < 1.29 is 17.5 Å². The van der Waals surface area contributed by atoms with E-state index in [2.05, 4.69) is 4.90 Å². The monoisotopic (exact) mass is 327 g/mol. The Morgan fingerprint density at radius 1 is 1.32 bits per heavy atom. The van der Waals surface area contributed by atoms with Crippen LogP contribution < -0.4 is 0 Å². The molecule has 1 aromatic rings. The molecular weight excluding hydrogens is 305 g/mol. The van der Waals surface area contributed by atoms with Gasteiger partial charge in [0.2, 0.25) is 0 Å². The van der Waals surface area contributed by atoms with Gasteiger partial charge < -0.3 is 4.74 Å². The highest BCUT2D eigenvalue weighted by molar-refractivity contribution is 7.93. The zero-order valence-corrected chi connectivity index (χ0v) is 13.6. The van der Waals surface area contributed by atoms with Crippen molar-refractivity contribution in [1.29, 1.82) is 0 Å². The predicted molar refractivity (Wildman–Crippen MR) is 82.8 cm³/mol. The summed E-state index contributed by atoms with van der Waals surface area (Å²) < 4.78 is 42.7. The van der Waals surface area contributed by atoms with Crippen LogP contribution in [0.4, 0.5) is 4.39 Å². The maximum atomic E-state index is 12.9. The normalized spacial score (nSPS) is 26.2. The average Bonchev–Trinajstić information content (AvgIpc) is 2.70. The van der Waals surface area contributed by atoms with Crippen LogP contribution in [0.25, 0.3) is 0 Å². The highest BCUT2D eigenvalue weighted by Crippen LogP contribution is 2.45. The summed E-state index contributed by atoms with van der Waals surface area (Å²) in [6, 6.07) is 6.38. The molecule has 0 saturated carbocycles. The molecule has 0 bridgehead atoms. The van der Waals surface area contributed by atoms with Crippen molar-refractivity contribution >= 4 is 9.84 Å². The summed E-state index contributed by atoms with van der Waals surface area (Å²) >= 11 is 0. The summed E-state index contributed by atoms with van der Waals surface area (Å²) in [4.78, 5) is 2.12. The van der Waals surface area contributed by atoms with Gasteiger partial charge in [-0.25, -0.2) is 12.8 Å². The van der Waals surface area contributed by atoms with Crippen LogP contribution in [0.15, 0.2) is 24.3 Å². The highest BCUT2D eigenvalue weighted by atomic mass is 32.2. The molecule has 2 fully saturated rings. The molecule has 0 aromatic heterocycles. The van der Waals surface area contributed by atoms with Gasteiger partial charge in [-0.15, -0.1) is 0 Å². The molecule has 2 heterocycles. The minimum Gasteiger partial charge on any atom is -0.381 e. The number of likely N-dealkylation sites (tertiary alicyclic amines) is 1. The fourth-order valence-electron chi connectivity index (χ4n) is 3.64. The first-order chi connectivity index (χ1) is 10.5. The molecule has 0 amide bonds. The molecule has 2 saturated heterocycles. The van der Waals surface area contributed by atoms with Crippen LogP contribution >= 0.6 is 0 Å². The second kappa shape index (κ2) is 5.91. The van der Waals surface area contributed by atoms with Gasteiger partial charge >= 0.3 is 0 Å². The molecule has 0 aliphatic carbocycles. The van der Waals surface area contributed by atoms with E-state index in [1.54, 1.807) is 12.1 Å². The van der Waals surface area contributed by atoms with Crippen LogP contribution in [0.2, 0.25) is 0 Å². The first-order valence-corrected chi connectivity index (χ1v) is 9.39. The maximum absolute atomic E-state index is 12.9. The minimum atomic E-state index is -3.04. The van der Waals surface area contributed by atoms with Crippen molar-refractivity contribution in [3.63, 3.8) is 0 Å². The standard InChI is InChI=1S/C16H22FNO3S/c1-2-21-10-14-7-8-22(19,20)16(14)11-18(12-16)9-13-3-5-15(17)6-4-13/h3-6,14H,2,7-12H2,1H3/t14-/m1/s1. The maximum Gasteiger partial charge on any atom is 0.158 e. The van der Waals surface area contributed by atoms with Gasteiger partial charge in [-0.05, 0) is 31.0 Å². The lowest BCUT2D eigenvalue weighted by atomic mass is 9.83. The van der Waals surface area contributed by atoms with E-state index in [1.165, 1.54) is 12.1 Å². The van der Waals surface area contributed by atoms with Crippen molar-refractivity contribution in [2.24, 2.45) is 5.92 Å². The Morgan fingerprint density at radius 2 is 2.00 bits per heavy atom. The fourth-order valence-corrected chi connectivity index (χ4v) is 6.09. The van der Waals surface area contributed by atoms with E-state index in [9.17, 15) is 12.8 Å². The quantitative estimate of drug-likeness (QED) is 0.828. The zero-order valence-electron chi connectivity index (χ0n) is 12.8. The molecule has 6 heteroatoms. The van der Waals surface area contributed by atoms with Crippen LogP contribution in [-0.2, 0) is 21.1 Å². The summed E-state index contributed by atoms with van der Waals surface area (Å²) in [6.45, 7) is 4.86. The fraction of sp³-hybridized carbons (Fsp3) is 0.625. The van der Waals surface area contributed by atoms with Crippen molar-refractivity contribution in [3.8, 4) is 0 Å². The van der Waals surface area contributed by atoms with Gasteiger partial charge in [0.15, 0.2) is 9.84 Å². The van der Waals surface area contributed by atoms with Gasteiger partial charge in [-0.3, -0.25) is 4.90 Å². The lowest BCUT2D eigenvalue weighted by Gasteiger charge is -2.50. The third-order valence-electron chi connectivity index (χ3n) is 4.92. The lowest BCUT2D eigenvalue weighted by Crippen LogP contribution is -2.67. The van der Waals surface area contributed by atoms with Gasteiger partial charge in [0, 0.05) is 32.2 Å². The summed E-state index contributed by atoms with van der Waals surface area (Å²) in [6.07, 6.45) is 0.701. The summed E-state index contributed by atoms with van der Waals surface area (Å²) in [5.41, 5.74) is 1.01. The number of nitrogens with zero attached hydrogens (tertiary/aromatic N) is 1. The Morgan fingerprint density at radius 3 is 2.64 bits per heavy atom. The molecule has 1 aromatic carbocycles. The van der Waals surface area contributed by atoms with Crippen LogP contribution in [0.5, 0.6) is 0 Å². The van der Waals surface area contributed by atoms with E-state index in [0.717, 1.165) is 5.56 Å². The molecule has 122 valence electrons. The Bertz CT molecular complexity index is 623. The van der Waals surface area contributed by atoms with Gasteiger partial charge in [-0.1, -0.05) is 12.1 Å².